The Bertz CT molecular complexity index is 884. The Hall–Kier alpha value is -2.80. The van der Waals surface area contributed by atoms with E-state index >= 15 is 0 Å². The van der Waals surface area contributed by atoms with Crippen LogP contribution >= 0.6 is 15.9 Å². The largest absolute Gasteiger partial charge is 0.497 e. The second-order valence-electron chi connectivity index (χ2n) is 5.61. The zero-order valence-electron chi connectivity index (χ0n) is 14.4. The first-order valence-electron chi connectivity index (χ1n) is 7.88. The first-order chi connectivity index (χ1) is 12.6. The summed E-state index contributed by atoms with van der Waals surface area (Å²) in [5.74, 6) is 0.853. The Morgan fingerprint density at radius 2 is 1.77 bits per heavy atom. The number of methoxy groups -OCH3 is 2. The molecule has 0 aliphatic carbocycles. The number of rotatable bonds is 6. The summed E-state index contributed by atoms with van der Waals surface area (Å²) in [5.41, 5.74) is 2.18. The van der Waals surface area contributed by atoms with E-state index in [0.29, 0.717) is 29.3 Å². The van der Waals surface area contributed by atoms with E-state index < -0.39 is 0 Å². The predicted octanol–water partition coefficient (Wildman–Crippen LogP) is 3.96. The smallest absolute Gasteiger partial charge is 0.256 e. The van der Waals surface area contributed by atoms with E-state index in [1.807, 2.05) is 24.3 Å². The normalized spacial score (nSPS) is 10.4. The van der Waals surface area contributed by atoms with Crippen molar-refractivity contribution in [2.45, 2.75) is 6.54 Å². The van der Waals surface area contributed by atoms with Crippen LogP contribution < -0.4 is 14.8 Å². The van der Waals surface area contributed by atoms with Gasteiger partial charge in [0.15, 0.2) is 0 Å². The maximum Gasteiger partial charge on any atom is 0.256 e. The number of amides is 1. The minimum atomic E-state index is -0.259. The summed E-state index contributed by atoms with van der Waals surface area (Å²) in [6.45, 7) is 0.621. The van der Waals surface area contributed by atoms with Crippen LogP contribution in [0.25, 0.3) is 0 Å². The third kappa shape index (κ3) is 4.43. The number of ether oxygens (including phenoxy) is 2. The maximum absolute atomic E-state index is 12.5. The van der Waals surface area contributed by atoms with Crippen molar-refractivity contribution in [1.82, 2.24) is 9.78 Å². The molecule has 1 N–H and O–H groups in total. The van der Waals surface area contributed by atoms with Crippen molar-refractivity contribution in [3.63, 3.8) is 0 Å². The van der Waals surface area contributed by atoms with E-state index in [1.54, 1.807) is 49.5 Å². The number of anilines is 1. The van der Waals surface area contributed by atoms with Crippen molar-refractivity contribution in [3.05, 3.63) is 70.5 Å². The van der Waals surface area contributed by atoms with Crippen molar-refractivity contribution >= 4 is 27.5 Å². The van der Waals surface area contributed by atoms with Gasteiger partial charge in [-0.2, -0.15) is 5.10 Å². The lowest BCUT2D eigenvalue weighted by Crippen LogP contribution is -2.11. The lowest BCUT2D eigenvalue weighted by Gasteiger charge is -2.08. The molecule has 1 amide bonds. The van der Waals surface area contributed by atoms with Crippen LogP contribution in [0.5, 0.6) is 11.5 Å². The van der Waals surface area contributed by atoms with Crippen LogP contribution in [0, 0.1) is 0 Å². The van der Waals surface area contributed by atoms with Crippen LogP contribution in [0.4, 0.5) is 5.69 Å². The molecule has 0 aliphatic heterocycles. The summed E-state index contributed by atoms with van der Waals surface area (Å²) in [6.07, 6.45) is 3.41. The number of carbonyl (C=O) groups is 1. The van der Waals surface area contributed by atoms with Gasteiger partial charge in [-0.3, -0.25) is 9.48 Å². The van der Waals surface area contributed by atoms with Crippen LogP contribution in [0.2, 0.25) is 0 Å². The van der Waals surface area contributed by atoms with Crippen LogP contribution in [-0.4, -0.2) is 29.9 Å². The number of nitrogens with one attached hydrogen (secondary N) is 1. The highest BCUT2D eigenvalue weighted by Gasteiger charge is 2.11. The zero-order valence-corrected chi connectivity index (χ0v) is 16.0. The first kappa shape index (κ1) is 18.0. The Labute approximate surface area is 159 Å². The van der Waals surface area contributed by atoms with Gasteiger partial charge in [-0.1, -0.05) is 28.1 Å². The molecule has 2 aromatic carbocycles. The lowest BCUT2D eigenvalue weighted by molar-refractivity contribution is 0.102. The molecular formula is C19H18BrN3O3. The van der Waals surface area contributed by atoms with E-state index in [2.05, 4.69) is 26.3 Å². The summed E-state index contributed by atoms with van der Waals surface area (Å²) < 4.78 is 13.2. The highest BCUT2D eigenvalue weighted by molar-refractivity contribution is 9.10. The Kier molecular flexibility index (Phi) is 5.58. The molecule has 1 heterocycles. The molecule has 1 aromatic heterocycles. The average molecular weight is 416 g/mol. The van der Waals surface area contributed by atoms with Gasteiger partial charge in [0.2, 0.25) is 0 Å². The molecule has 0 atom stereocenters. The van der Waals surface area contributed by atoms with Gasteiger partial charge in [0.25, 0.3) is 5.91 Å². The van der Waals surface area contributed by atoms with Gasteiger partial charge >= 0.3 is 0 Å². The molecule has 0 saturated heterocycles. The molecule has 134 valence electrons. The van der Waals surface area contributed by atoms with Crippen molar-refractivity contribution in [2.75, 3.05) is 19.5 Å². The fraction of sp³-hybridized carbons (Fsp3) is 0.158. The second-order valence-corrected chi connectivity index (χ2v) is 6.52. The topological polar surface area (TPSA) is 65.4 Å². The van der Waals surface area contributed by atoms with Crippen molar-refractivity contribution < 1.29 is 14.3 Å². The predicted molar refractivity (Wildman–Crippen MR) is 103 cm³/mol. The summed E-state index contributed by atoms with van der Waals surface area (Å²) in [7, 11) is 3.09. The number of nitrogens with zero attached hydrogens (tertiary/aromatic N) is 2. The van der Waals surface area contributed by atoms with Crippen LogP contribution in [-0.2, 0) is 6.54 Å². The van der Waals surface area contributed by atoms with Crippen LogP contribution in [0.1, 0.15) is 15.9 Å². The first-order valence-corrected chi connectivity index (χ1v) is 8.68. The summed E-state index contributed by atoms with van der Waals surface area (Å²) >= 11 is 3.42. The summed E-state index contributed by atoms with van der Waals surface area (Å²) in [4.78, 5) is 12.5. The van der Waals surface area contributed by atoms with Gasteiger partial charge in [-0.15, -0.1) is 0 Å². The molecular weight excluding hydrogens is 398 g/mol. The maximum atomic E-state index is 12.5. The SMILES string of the molecule is COc1cc(OC)cc(C(=O)Nc2cnn(Cc3ccc(Br)cc3)c2)c1. The van der Waals surface area contributed by atoms with Gasteiger partial charge in [-0.25, -0.2) is 0 Å². The van der Waals surface area contributed by atoms with Crippen molar-refractivity contribution in [2.24, 2.45) is 0 Å². The summed E-state index contributed by atoms with van der Waals surface area (Å²) in [6, 6.07) is 13.0. The number of hydrogen-bond donors (Lipinski definition) is 1. The Morgan fingerprint density at radius 3 is 2.38 bits per heavy atom. The monoisotopic (exact) mass is 415 g/mol. The quantitative estimate of drug-likeness (QED) is 0.661. The molecule has 26 heavy (non-hydrogen) atoms. The van der Waals surface area contributed by atoms with Crippen molar-refractivity contribution in [1.29, 1.82) is 0 Å². The van der Waals surface area contributed by atoms with E-state index in [-0.39, 0.29) is 5.91 Å². The highest BCUT2D eigenvalue weighted by atomic mass is 79.9. The van der Waals surface area contributed by atoms with Gasteiger partial charge in [0, 0.05) is 22.3 Å². The van der Waals surface area contributed by atoms with Gasteiger partial charge < -0.3 is 14.8 Å². The zero-order chi connectivity index (χ0) is 18.5. The van der Waals surface area contributed by atoms with Gasteiger partial charge in [-0.05, 0) is 29.8 Å². The average Bonchev–Trinajstić information content (AvgIpc) is 3.09. The standard InChI is InChI=1S/C19H18BrN3O3/c1-25-17-7-14(8-18(9-17)26-2)19(24)22-16-10-21-23(12-16)11-13-3-5-15(20)6-4-13/h3-10,12H,11H2,1-2H3,(H,22,24). The highest BCUT2D eigenvalue weighted by Crippen LogP contribution is 2.23. The second kappa shape index (κ2) is 8.05. The third-order valence-corrected chi connectivity index (χ3v) is 4.29. The van der Waals surface area contributed by atoms with Crippen LogP contribution in [0.3, 0.4) is 0 Å². The number of halogens is 1. The van der Waals surface area contributed by atoms with Crippen molar-refractivity contribution in [3.8, 4) is 11.5 Å². The number of aromatic nitrogens is 2. The third-order valence-electron chi connectivity index (χ3n) is 3.76. The molecule has 0 radical (unpaired) electrons. The minimum absolute atomic E-state index is 0.259. The molecule has 0 spiro atoms. The molecule has 0 saturated carbocycles. The Morgan fingerprint density at radius 1 is 1.12 bits per heavy atom. The fourth-order valence-corrected chi connectivity index (χ4v) is 2.70. The fourth-order valence-electron chi connectivity index (χ4n) is 2.43. The van der Waals surface area contributed by atoms with Gasteiger partial charge in [0.05, 0.1) is 32.6 Å². The molecule has 3 rings (SSSR count). The van der Waals surface area contributed by atoms with Gasteiger partial charge in [0.1, 0.15) is 11.5 Å². The number of hydrogen-bond acceptors (Lipinski definition) is 4. The molecule has 0 fully saturated rings. The molecule has 0 aliphatic rings. The van der Waals surface area contributed by atoms with Crippen LogP contribution in [0.15, 0.2) is 59.3 Å². The van der Waals surface area contributed by atoms with E-state index in [1.165, 1.54) is 0 Å². The molecule has 6 nitrogen and oxygen atoms in total. The van der Waals surface area contributed by atoms with E-state index in [0.717, 1.165) is 10.0 Å². The molecule has 3 aromatic rings. The Balaban J connectivity index is 1.70. The molecule has 0 unspecified atom stereocenters. The molecule has 0 bridgehead atoms. The molecule has 7 heteroatoms. The minimum Gasteiger partial charge on any atom is -0.497 e. The van der Waals surface area contributed by atoms with E-state index in [4.69, 9.17) is 9.47 Å². The number of carbonyl (C=O) groups excluding carboxylic acids is 1. The van der Waals surface area contributed by atoms with E-state index in [9.17, 15) is 4.79 Å². The lowest BCUT2D eigenvalue weighted by atomic mass is 10.2. The summed E-state index contributed by atoms with van der Waals surface area (Å²) in [5, 5.41) is 7.12. The number of benzene rings is 2.